The largest absolute Gasteiger partial charge is 0.495 e. The van der Waals surface area contributed by atoms with Crippen molar-refractivity contribution in [3.63, 3.8) is 0 Å². The molecule has 1 atom stereocenters. The lowest BCUT2D eigenvalue weighted by molar-refractivity contribution is 0.0930. The Labute approximate surface area is 177 Å². The Hall–Kier alpha value is -2.48. The van der Waals surface area contributed by atoms with Gasteiger partial charge in [-0.3, -0.25) is 4.79 Å². The van der Waals surface area contributed by atoms with Crippen LogP contribution < -0.4 is 15.4 Å². The first kappa shape index (κ1) is 18.5. The van der Waals surface area contributed by atoms with E-state index in [0.717, 1.165) is 35.6 Å². The maximum atomic E-state index is 12.8. The van der Waals surface area contributed by atoms with E-state index in [4.69, 9.17) is 20.8 Å². The smallest absolute Gasteiger partial charge is 0.256 e. The van der Waals surface area contributed by atoms with Crippen molar-refractivity contribution in [2.45, 2.75) is 19.1 Å². The van der Waals surface area contributed by atoms with Gasteiger partial charge in [-0.15, -0.1) is 11.3 Å². The van der Waals surface area contributed by atoms with Gasteiger partial charge in [-0.25, -0.2) is 0 Å². The summed E-state index contributed by atoms with van der Waals surface area (Å²) in [5, 5.41) is 7.91. The number of halogens is 1. The zero-order valence-corrected chi connectivity index (χ0v) is 17.6. The van der Waals surface area contributed by atoms with Gasteiger partial charge >= 0.3 is 0 Å². The Morgan fingerprint density at radius 1 is 1.28 bits per heavy atom. The highest BCUT2D eigenvalue weighted by Gasteiger charge is 2.33. The number of rotatable bonds is 3. The van der Waals surface area contributed by atoms with E-state index in [2.05, 4.69) is 22.6 Å². The Morgan fingerprint density at radius 3 is 2.93 bits per heavy atom. The molecule has 150 valence electrons. The van der Waals surface area contributed by atoms with Crippen LogP contribution in [-0.4, -0.2) is 31.5 Å². The second kappa shape index (κ2) is 7.09. The zero-order chi connectivity index (χ0) is 20.1. The molecule has 0 radical (unpaired) electrons. The highest BCUT2D eigenvalue weighted by molar-refractivity contribution is 7.16. The SMILES string of the molecule is COc1ccc(-c2ccc([C@@H]3NC(=O)c4c(sc5c4CCN(C)C5)N3)o2)cc1Cl. The summed E-state index contributed by atoms with van der Waals surface area (Å²) in [5.74, 6) is 1.90. The van der Waals surface area contributed by atoms with E-state index in [-0.39, 0.29) is 5.91 Å². The predicted octanol–water partition coefficient (Wildman–Crippen LogP) is 4.51. The van der Waals surface area contributed by atoms with Crippen LogP contribution in [0.25, 0.3) is 11.3 Å². The van der Waals surface area contributed by atoms with Gasteiger partial charge in [-0.2, -0.15) is 0 Å². The number of furan rings is 1. The van der Waals surface area contributed by atoms with Crippen LogP contribution in [0.1, 0.15) is 32.7 Å². The van der Waals surface area contributed by atoms with Crippen LogP contribution in [0.5, 0.6) is 5.75 Å². The molecule has 2 aliphatic rings. The molecule has 29 heavy (non-hydrogen) atoms. The number of nitrogens with one attached hydrogen (secondary N) is 2. The van der Waals surface area contributed by atoms with Crippen LogP contribution in [0.15, 0.2) is 34.7 Å². The van der Waals surface area contributed by atoms with Crippen molar-refractivity contribution in [3.05, 3.63) is 57.1 Å². The normalized spacial score (nSPS) is 18.6. The molecule has 2 aromatic heterocycles. The summed E-state index contributed by atoms with van der Waals surface area (Å²) in [6.07, 6.45) is 0.496. The number of carbonyl (C=O) groups is 1. The van der Waals surface area contributed by atoms with E-state index < -0.39 is 6.17 Å². The highest BCUT2D eigenvalue weighted by atomic mass is 35.5. The molecule has 0 spiro atoms. The van der Waals surface area contributed by atoms with Gasteiger partial charge in [0.15, 0.2) is 6.17 Å². The maximum Gasteiger partial charge on any atom is 0.256 e. The van der Waals surface area contributed by atoms with Crippen molar-refractivity contribution in [1.82, 2.24) is 10.2 Å². The van der Waals surface area contributed by atoms with Crippen molar-refractivity contribution < 1.29 is 13.9 Å². The van der Waals surface area contributed by atoms with E-state index in [1.165, 1.54) is 10.4 Å². The van der Waals surface area contributed by atoms with Crippen LogP contribution in [0.2, 0.25) is 5.02 Å². The molecule has 2 aliphatic heterocycles. The molecular formula is C21H20ClN3O3S. The molecule has 5 rings (SSSR count). The molecule has 3 aromatic rings. The first-order chi connectivity index (χ1) is 14.0. The number of anilines is 1. The zero-order valence-electron chi connectivity index (χ0n) is 16.0. The van der Waals surface area contributed by atoms with Crippen LogP contribution in [0.4, 0.5) is 5.00 Å². The van der Waals surface area contributed by atoms with Crippen molar-refractivity contribution >= 4 is 33.8 Å². The standard InChI is InChI=1S/C21H20ClN3O3S/c1-25-8-7-12-17(10-25)29-21-18(12)20(26)23-19(24-21)16-6-5-14(28-16)11-3-4-15(27-2)13(22)9-11/h3-6,9,19,24H,7-8,10H2,1-2H3,(H,23,26)/t19-/m1/s1. The average Bonchev–Trinajstić information content (AvgIpc) is 3.32. The van der Waals surface area contributed by atoms with E-state index in [9.17, 15) is 4.79 Å². The first-order valence-electron chi connectivity index (χ1n) is 9.37. The van der Waals surface area contributed by atoms with E-state index in [1.807, 2.05) is 18.2 Å². The molecule has 8 heteroatoms. The lowest BCUT2D eigenvalue weighted by Crippen LogP contribution is -2.38. The Balaban J connectivity index is 1.42. The molecular weight excluding hydrogens is 410 g/mol. The number of carbonyl (C=O) groups excluding carboxylic acids is 1. The van der Waals surface area contributed by atoms with Gasteiger partial charge in [0.2, 0.25) is 0 Å². The number of ether oxygens (including phenoxy) is 1. The summed E-state index contributed by atoms with van der Waals surface area (Å²) in [4.78, 5) is 16.4. The van der Waals surface area contributed by atoms with Gasteiger partial charge < -0.3 is 24.7 Å². The van der Waals surface area contributed by atoms with E-state index >= 15 is 0 Å². The highest BCUT2D eigenvalue weighted by Crippen LogP contribution is 2.41. The molecule has 0 saturated carbocycles. The molecule has 6 nitrogen and oxygen atoms in total. The van der Waals surface area contributed by atoms with E-state index in [1.54, 1.807) is 30.6 Å². The number of hydrogen-bond acceptors (Lipinski definition) is 6. The van der Waals surface area contributed by atoms with Gasteiger partial charge in [0.25, 0.3) is 5.91 Å². The molecule has 0 saturated heterocycles. The number of benzene rings is 1. The van der Waals surface area contributed by atoms with E-state index in [0.29, 0.717) is 22.3 Å². The van der Waals surface area contributed by atoms with Crippen LogP contribution in [0.3, 0.4) is 0 Å². The average molecular weight is 430 g/mol. The minimum absolute atomic E-state index is 0.0451. The summed E-state index contributed by atoms with van der Waals surface area (Å²) < 4.78 is 11.2. The second-order valence-corrected chi connectivity index (χ2v) is 8.81. The molecule has 0 unspecified atom stereocenters. The fraction of sp³-hybridized carbons (Fsp3) is 0.286. The van der Waals surface area contributed by atoms with Crippen LogP contribution >= 0.6 is 22.9 Å². The topological polar surface area (TPSA) is 66.7 Å². The predicted molar refractivity (Wildman–Crippen MR) is 114 cm³/mol. The third kappa shape index (κ3) is 3.19. The summed E-state index contributed by atoms with van der Waals surface area (Å²) >= 11 is 7.90. The minimum atomic E-state index is -0.407. The first-order valence-corrected chi connectivity index (χ1v) is 10.6. The van der Waals surface area contributed by atoms with Gasteiger partial charge in [0, 0.05) is 23.5 Å². The number of thiophene rings is 1. The number of hydrogen-bond donors (Lipinski definition) is 2. The second-order valence-electron chi connectivity index (χ2n) is 7.30. The number of likely N-dealkylation sites (N-methyl/N-ethyl adjacent to an activating group) is 1. The third-order valence-corrected chi connectivity index (χ3v) is 6.82. The van der Waals surface area contributed by atoms with Crippen molar-refractivity contribution in [2.75, 3.05) is 26.0 Å². The maximum absolute atomic E-state index is 12.8. The molecule has 0 bridgehead atoms. The van der Waals surface area contributed by atoms with Gasteiger partial charge in [0.05, 0.1) is 17.7 Å². The van der Waals surface area contributed by atoms with Crippen LogP contribution in [0, 0.1) is 0 Å². The summed E-state index contributed by atoms with van der Waals surface area (Å²) in [6, 6.07) is 9.25. The van der Waals surface area contributed by atoms with Crippen molar-refractivity contribution in [3.8, 4) is 17.1 Å². The summed E-state index contributed by atoms with van der Waals surface area (Å²) in [6.45, 7) is 1.86. The molecule has 1 aromatic carbocycles. The van der Waals surface area contributed by atoms with Crippen molar-refractivity contribution in [2.24, 2.45) is 0 Å². The lowest BCUT2D eigenvalue weighted by Gasteiger charge is -2.26. The summed E-state index contributed by atoms with van der Waals surface area (Å²) in [7, 11) is 3.69. The number of nitrogens with zero attached hydrogens (tertiary/aromatic N) is 1. The Bertz CT molecular complexity index is 1110. The molecule has 0 fully saturated rings. The monoisotopic (exact) mass is 429 g/mol. The third-order valence-electron chi connectivity index (χ3n) is 5.37. The van der Waals surface area contributed by atoms with Gasteiger partial charge in [-0.1, -0.05) is 11.6 Å². The molecule has 0 aliphatic carbocycles. The fourth-order valence-corrected chi connectivity index (χ4v) is 5.48. The summed E-state index contributed by atoms with van der Waals surface area (Å²) in [5.41, 5.74) is 2.82. The number of amides is 1. The van der Waals surface area contributed by atoms with Gasteiger partial charge in [-0.05, 0) is 49.4 Å². The minimum Gasteiger partial charge on any atom is -0.495 e. The van der Waals surface area contributed by atoms with Crippen molar-refractivity contribution in [1.29, 1.82) is 0 Å². The molecule has 4 heterocycles. The lowest BCUT2D eigenvalue weighted by atomic mass is 10.0. The Morgan fingerprint density at radius 2 is 2.14 bits per heavy atom. The molecule has 2 N–H and O–H groups in total. The number of methoxy groups -OCH3 is 1. The molecule has 1 amide bonds. The Kier molecular flexibility index (Phi) is 4.53. The number of fused-ring (bicyclic) bond motifs is 3. The van der Waals surface area contributed by atoms with Crippen LogP contribution in [-0.2, 0) is 13.0 Å². The quantitative estimate of drug-likeness (QED) is 0.641. The fourth-order valence-electron chi connectivity index (χ4n) is 3.87. The van der Waals surface area contributed by atoms with Gasteiger partial charge in [0.1, 0.15) is 22.3 Å².